The Morgan fingerprint density at radius 1 is 1.39 bits per heavy atom. The normalized spacial score (nSPS) is 10.3. The molecule has 94 valence electrons. The van der Waals surface area contributed by atoms with Gasteiger partial charge in [0.15, 0.2) is 0 Å². The van der Waals surface area contributed by atoms with Gasteiger partial charge in [0, 0.05) is 17.0 Å². The van der Waals surface area contributed by atoms with E-state index in [0.29, 0.717) is 12.1 Å². The summed E-state index contributed by atoms with van der Waals surface area (Å²) in [5.74, 6) is -0.331. The smallest absolute Gasteiger partial charge is 0.224 e. The Labute approximate surface area is 109 Å². The number of rotatable bonds is 4. The maximum atomic E-state index is 12.9. The number of halogens is 1. The van der Waals surface area contributed by atoms with Gasteiger partial charge >= 0.3 is 0 Å². The Bertz CT molecular complexity index is 537. The molecule has 0 spiro atoms. The largest absolute Gasteiger partial charge is 0.326 e. The molecule has 0 unspecified atom stereocenters. The molecule has 0 atom stereocenters. The lowest BCUT2D eigenvalue weighted by molar-refractivity contribution is -0.116. The number of anilines is 1. The van der Waals surface area contributed by atoms with Gasteiger partial charge in [-0.1, -0.05) is 6.07 Å². The highest BCUT2D eigenvalue weighted by Crippen LogP contribution is 2.17. The average molecular weight is 263 g/mol. The Morgan fingerprint density at radius 2 is 2.22 bits per heavy atom. The summed E-state index contributed by atoms with van der Waals surface area (Å²) >= 11 is 1.65. The number of hydrogen-bond donors (Lipinski definition) is 1. The van der Waals surface area contributed by atoms with E-state index in [4.69, 9.17) is 0 Å². The first-order valence-electron chi connectivity index (χ1n) is 5.73. The lowest BCUT2D eigenvalue weighted by Gasteiger charge is -2.07. The van der Waals surface area contributed by atoms with E-state index in [2.05, 4.69) is 5.32 Å². The molecule has 1 amide bonds. The van der Waals surface area contributed by atoms with Crippen molar-refractivity contribution in [3.63, 3.8) is 0 Å². The summed E-state index contributed by atoms with van der Waals surface area (Å²) in [4.78, 5) is 12.9. The fourth-order valence-electron chi connectivity index (χ4n) is 1.67. The molecule has 18 heavy (non-hydrogen) atoms. The van der Waals surface area contributed by atoms with E-state index in [0.717, 1.165) is 12.0 Å². The van der Waals surface area contributed by atoms with Crippen molar-refractivity contribution in [3.8, 4) is 0 Å². The van der Waals surface area contributed by atoms with Crippen LogP contribution in [0.1, 0.15) is 16.9 Å². The van der Waals surface area contributed by atoms with Crippen molar-refractivity contribution < 1.29 is 9.18 Å². The number of nitrogens with one attached hydrogen (secondary N) is 1. The van der Waals surface area contributed by atoms with E-state index < -0.39 is 0 Å². The third kappa shape index (κ3) is 3.40. The molecule has 0 fully saturated rings. The molecule has 2 rings (SSSR count). The van der Waals surface area contributed by atoms with E-state index in [1.54, 1.807) is 24.3 Å². The van der Waals surface area contributed by atoms with Crippen molar-refractivity contribution in [2.24, 2.45) is 0 Å². The highest BCUT2D eigenvalue weighted by atomic mass is 32.1. The molecule has 2 aromatic rings. The molecule has 0 radical (unpaired) electrons. The zero-order valence-electron chi connectivity index (χ0n) is 10.1. The Balaban J connectivity index is 1.91. The summed E-state index contributed by atoms with van der Waals surface area (Å²) in [6, 6.07) is 8.34. The van der Waals surface area contributed by atoms with E-state index in [9.17, 15) is 9.18 Å². The van der Waals surface area contributed by atoms with Gasteiger partial charge in [-0.25, -0.2) is 4.39 Å². The van der Waals surface area contributed by atoms with Crippen LogP contribution in [-0.4, -0.2) is 5.91 Å². The number of thiophene rings is 1. The molecule has 0 saturated carbocycles. The van der Waals surface area contributed by atoms with Crippen LogP contribution in [0.4, 0.5) is 10.1 Å². The van der Waals surface area contributed by atoms with Gasteiger partial charge < -0.3 is 5.32 Å². The van der Waals surface area contributed by atoms with Gasteiger partial charge in [-0.15, -0.1) is 11.3 Å². The number of amides is 1. The molecule has 2 nitrogen and oxygen atoms in total. The van der Waals surface area contributed by atoms with Crippen molar-refractivity contribution >= 4 is 22.9 Å². The highest BCUT2D eigenvalue weighted by Gasteiger charge is 2.06. The molecule has 0 aliphatic rings. The molecule has 1 heterocycles. The molecule has 4 heteroatoms. The Hall–Kier alpha value is -1.68. The van der Waals surface area contributed by atoms with Crippen LogP contribution in [0, 0.1) is 12.7 Å². The number of carbonyl (C=O) groups excluding carboxylic acids is 1. The first-order chi connectivity index (χ1) is 8.65. The molecule has 0 aliphatic carbocycles. The molecule has 0 aliphatic heterocycles. The molecule has 1 N–H and O–H groups in total. The van der Waals surface area contributed by atoms with E-state index in [1.165, 1.54) is 17.0 Å². The fraction of sp³-hybridized carbons (Fsp3) is 0.214. The zero-order valence-corrected chi connectivity index (χ0v) is 10.9. The minimum atomic E-state index is -0.288. The number of hydrogen-bond acceptors (Lipinski definition) is 2. The summed E-state index contributed by atoms with van der Waals surface area (Å²) in [6.45, 7) is 1.78. The van der Waals surface area contributed by atoms with Gasteiger partial charge in [0.25, 0.3) is 0 Å². The lowest BCUT2D eigenvalue weighted by atomic mass is 10.2. The summed E-state index contributed by atoms with van der Waals surface area (Å²) < 4.78 is 12.9. The van der Waals surface area contributed by atoms with Crippen LogP contribution >= 0.6 is 11.3 Å². The summed E-state index contributed by atoms with van der Waals surface area (Å²) in [7, 11) is 0. The van der Waals surface area contributed by atoms with Gasteiger partial charge in [0.1, 0.15) is 5.82 Å². The van der Waals surface area contributed by atoms with Crippen molar-refractivity contribution in [2.75, 3.05) is 5.32 Å². The number of benzene rings is 1. The SMILES string of the molecule is Cc1cc(F)ccc1NC(=O)CCc1cccs1. The quantitative estimate of drug-likeness (QED) is 0.894. The maximum absolute atomic E-state index is 12.9. The molecule has 0 saturated heterocycles. The number of carbonyl (C=O) groups is 1. The van der Waals surface area contributed by atoms with Crippen LogP contribution < -0.4 is 5.32 Å². The van der Waals surface area contributed by atoms with Gasteiger partial charge in [0.2, 0.25) is 5.91 Å². The van der Waals surface area contributed by atoms with Gasteiger partial charge in [0.05, 0.1) is 0 Å². The minimum absolute atomic E-state index is 0.0434. The van der Waals surface area contributed by atoms with Crippen LogP contribution in [0.15, 0.2) is 35.7 Å². The van der Waals surface area contributed by atoms with Crippen LogP contribution in [-0.2, 0) is 11.2 Å². The lowest BCUT2D eigenvalue weighted by Crippen LogP contribution is -2.13. The van der Waals surface area contributed by atoms with Crippen LogP contribution in [0.2, 0.25) is 0 Å². The third-order valence-corrected chi connectivity index (χ3v) is 3.58. The predicted octanol–water partition coefficient (Wildman–Crippen LogP) is 3.77. The first-order valence-corrected chi connectivity index (χ1v) is 6.61. The third-order valence-electron chi connectivity index (χ3n) is 2.64. The van der Waals surface area contributed by atoms with Crippen molar-refractivity contribution in [1.82, 2.24) is 0 Å². The molecular formula is C14H14FNOS. The van der Waals surface area contributed by atoms with Crippen molar-refractivity contribution in [3.05, 3.63) is 52.0 Å². The predicted molar refractivity (Wildman–Crippen MR) is 72.4 cm³/mol. The first kappa shape index (κ1) is 12.8. The second-order valence-electron chi connectivity index (χ2n) is 4.09. The summed E-state index contributed by atoms with van der Waals surface area (Å²) in [5, 5.41) is 4.80. The molecular weight excluding hydrogens is 249 g/mol. The van der Waals surface area contributed by atoms with Gasteiger partial charge in [-0.3, -0.25) is 4.79 Å². The van der Waals surface area contributed by atoms with E-state index in [1.807, 2.05) is 17.5 Å². The van der Waals surface area contributed by atoms with Gasteiger partial charge in [-0.2, -0.15) is 0 Å². The van der Waals surface area contributed by atoms with E-state index >= 15 is 0 Å². The monoisotopic (exact) mass is 263 g/mol. The summed E-state index contributed by atoms with van der Waals surface area (Å²) in [6.07, 6.45) is 1.18. The van der Waals surface area contributed by atoms with Crippen molar-refractivity contribution in [1.29, 1.82) is 0 Å². The zero-order chi connectivity index (χ0) is 13.0. The minimum Gasteiger partial charge on any atom is -0.326 e. The summed E-state index contributed by atoms with van der Waals surface area (Å²) in [5.41, 5.74) is 1.41. The topological polar surface area (TPSA) is 29.1 Å². The maximum Gasteiger partial charge on any atom is 0.224 e. The fourth-order valence-corrected chi connectivity index (χ4v) is 2.38. The van der Waals surface area contributed by atoms with Crippen LogP contribution in [0.25, 0.3) is 0 Å². The van der Waals surface area contributed by atoms with Gasteiger partial charge in [-0.05, 0) is 48.6 Å². The van der Waals surface area contributed by atoms with Crippen molar-refractivity contribution in [2.45, 2.75) is 19.8 Å². The highest BCUT2D eigenvalue weighted by molar-refractivity contribution is 7.09. The Morgan fingerprint density at radius 3 is 2.89 bits per heavy atom. The van der Waals surface area contributed by atoms with E-state index in [-0.39, 0.29) is 11.7 Å². The van der Waals surface area contributed by atoms with Crippen LogP contribution in [0.3, 0.4) is 0 Å². The standard InChI is InChI=1S/C14H14FNOS/c1-10-9-11(15)4-6-13(10)16-14(17)7-5-12-3-2-8-18-12/h2-4,6,8-9H,5,7H2,1H3,(H,16,17). The molecule has 1 aromatic carbocycles. The second-order valence-corrected chi connectivity index (χ2v) is 5.12. The molecule has 0 bridgehead atoms. The number of aryl methyl sites for hydroxylation is 2. The van der Waals surface area contributed by atoms with Crippen LogP contribution in [0.5, 0.6) is 0 Å². The molecule has 1 aromatic heterocycles. The Kier molecular flexibility index (Phi) is 4.10. The average Bonchev–Trinajstić information content (AvgIpc) is 2.83. The second kappa shape index (κ2) is 5.78.